The molecule has 3 amide bonds. The first kappa shape index (κ1) is 26.7. The Bertz CT molecular complexity index is 1270. The van der Waals surface area contributed by atoms with Crippen LogP contribution in [0.3, 0.4) is 0 Å². The first-order chi connectivity index (χ1) is 18.4. The summed E-state index contributed by atoms with van der Waals surface area (Å²) in [6.45, 7) is 4.84. The van der Waals surface area contributed by atoms with Crippen LogP contribution >= 0.6 is 0 Å². The molecule has 0 aliphatic carbocycles. The second-order valence-electron chi connectivity index (χ2n) is 8.87. The highest BCUT2D eigenvalue weighted by atomic mass is 16.7. The van der Waals surface area contributed by atoms with Crippen LogP contribution < -0.4 is 24.3 Å². The Morgan fingerprint density at radius 1 is 0.947 bits per heavy atom. The van der Waals surface area contributed by atoms with Crippen molar-refractivity contribution < 1.29 is 33.0 Å². The predicted molar refractivity (Wildman–Crippen MR) is 141 cm³/mol. The number of nitrogens with one attached hydrogen (secondary N) is 1. The monoisotopic (exact) mass is 523 g/mol. The van der Waals surface area contributed by atoms with Gasteiger partial charge in [0.05, 0.1) is 26.5 Å². The standard InChI is InChI=1S/C28H33N3O7/c1-5-12-30(28(33)29-23-10-9-21(34-3)14-25(23)35-4)17-27(32)31(16-22-8-6-19(2)38-22)15-20-7-11-24-26(13-20)37-18-36-24/h6-11,13-14H,5,12,15-18H2,1-4H3,(H,29,33). The lowest BCUT2D eigenvalue weighted by Crippen LogP contribution is -2.44. The summed E-state index contributed by atoms with van der Waals surface area (Å²) in [6, 6.07) is 14.0. The second kappa shape index (κ2) is 12.3. The maximum Gasteiger partial charge on any atom is 0.322 e. The second-order valence-corrected chi connectivity index (χ2v) is 8.87. The first-order valence-corrected chi connectivity index (χ1v) is 12.4. The summed E-state index contributed by atoms with van der Waals surface area (Å²) in [4.78, 5) is 30.0. The summed E-state index contributed by atoms with van der Waals surface area (Å²) in [7, 11) is 3.07. The van der Waals surface area contributed by atoms with Crippen molar-refractivity contribution in [1.82, 2.24) is 9.80 Å². The summed E-state index contributed by atoms with van der Waals surface area (Å²) in [5.74, 6) is 3.58. The Labute approximate surface area is 222 Å². The third-order valence-corrected chi connectivity index (χ3v) is 6.06. The number of hydrogen-bond acceptors (Lipinski definition) is 7. The molecular weight excluding hydrogens is 490 g/mol. The minimum absolute atomic E-state index is 0.109. The lowest BCUT2D eigenvalue weighted by molar-refractivity contribution is -0.133. The molecule has 3 aromatic rings. The number of carbonyl (C=O) groups is 2. The molecule has 202 valence electrons. The number of aryl methyl sites for hydroxylation is 1. The van der Waals surface area contributed by atoms with Gasteiger partial charge in [0.1, 0.15) is 29.6 Å². The minimum atomic E-state index is -0.402. The van der Waals surface area contributed by atoms with Crippen LogP contribution in [0.2, 0.25) is 0 Å². The van der Waals surface area contributed by atoms with E-state index in [1.165, 1.54) is 12.0 Å². The topological polar surface area (TPSA) is 103 Å². The fourth-order valence-corrected chi connectivity index (χ4v) is 4.13. The number of furan rings is 1. The van der Waals surface area contributed by atoms with Crippen LogP contribution in [-0.4, -0.2) is 55.8 Å². The first-order valence-electron chi connectivity index (χ1n) is 12.4. The molecule has 1 N–H and O–H groups in total. The van der Waals surface area contributed by atoms with Crippen LogP contribution in [0, 0.1) is 6.92 Å². The van der Waals surface area contributed by atoms with Crippen LogP contribution in [0.4, 0.5) is 10.5 Å². The number of urea groups is 1. The van der Waals surface area contributed by atoms with Crippen molar-refractivity contribution in [3.05, 3.63) is 65.6 Å². The smallest absolute Gasteiger partial charge is 0.322 e. The molecule has 0 radical (unpaired) electrons. The molecular formula is C28H33N3O7. The van der Waals surface area contributed by atoms with Gasteiger partial charge in [-0.1, -0.05) is 13.0 Å². The van der Waals surface area contributed by atoms with Crippen molar-refractivity contribution in [1.29, 1.82) is 0 Å². The van der Waals surface area contributed by atoms with Gasteiger partial charge in [-0.05, 0) is 55.3 Å². The molecule has 2 aromatic carbocycles. The highest BCUT2D eigenvalue weighted by Gasteiger charge is 2.24. The van der Waals surface area contributed by atoms with Gasteiger partial charge in [-0.25, -0.2) is 4.79 Å². The number of hydrogen-bond donors (Lipinski definition) is 1. The van der Waals surface area contributed by atoms with Gasteiger partial charge < -0.3 is 38.5 Å². The largest absolute Gasteiger partial charge is 0.497 e. The van der Waals surface area contributed by atoms with Gasteiger partial charge in [0.2, 0.25) is 12.7 Å². The summed E-state index contributed by atoms with van der Waals surface area (Å²) in [5, 5.41) is 2.86. The SMILES string of the molecule is CCCN(CC(=O)N(Cc1ccc2c(c1)OCO2)Cc1ccc(C)o1)C(=O)Nc1ccc(OC)cc1OC. The molecule has 10 nitrogen and oxygen atoms in total. The molecule has 2 heterocycles. The Morgan fingerprint density at radius 2 is 1.76 bits per heavy atom. The number of nitrogens with zero attached hydrogens (tertiary/aromatic N) is 2. The van der Waals surface area contributed by atoms with Crippen molar-refractivity contribution in [2.45, 2.75) is 33.4 Å². The molecule has 0 bridgehead atoms. The molecule has 0 spiro atoms. The molecule has 0 saturated carbocycles. The normalized spacial score (nSPS) is 11.7. The van der Waals surface area contributed by atoms with Crippen LogP contribution in [0.25, 0.3) is 0 Å². The Morgan fingerprint density at radius 3 is 2.47 bits per heavy atom. The highest BCUT2D eigenvalue weighted by molar-refractivity contribution is 5.93. The Kier molecular flexibility index (Phi) is 8.62. The molecule has 1 aliphatic rings. The van der Waals surface area contributed by atoms with E-state index in [1.54, 1.807) is 30.2 Å². The van der Waals surface area contributed by atoms with E-state index in [0.29, 0.717) is 54.0 Å². The zero-order chi connectivity index (χ0) is 27.1. The van der Waals surface area contributed by atoms with Gasteiger partial charge in [-0.2, -0.15) is 0 Å². The maximum atomic E-state index is 13.6. The maximum absolute atomic E-state index is 13.6. The van der Waals surface area contributed by atoms with Gasteiger partial charge in [-0.3, -0.25) is 4.79 Å². The van der Waals surface area contributed by atoms with Crippen LogP contribution in [0.5, 0.6) is 23.0 Å². The van der Waals surface area contributed by atoms with Crippen LogP contribution in [0.1, 0.15) is 30.4 Å². The minimum Gasteiger partial charge on any atom is -0.497 e. The van der Waals surface area contributed by atoms with Crippen molar-refractivity contribution in [3.8, 4) is 23.0 Å². The molecule has 0 unspecified atom stereocenters. The van der Waals surface area contributed by atoms with E-state index >= 15 is 0 Å². The average Bonchev–Trinajstić information content (AvgIpc) is 3.56. The number of methoxy groups -OCH3 is 2. The molecule has 0 saturated heterocycles. The zero-order valence-electron chi connectivity index (χ0n) is 22.1. The third kappa shape index (κ3) is 6.50. The third-order valence-electron chi connectivity index (χ3n) is 6.06. The van der Waals surface area contributed by atoms with Crippen molar-refractivity contribution >= 4 is 17.6 Å². The van der Waals surface area contributed by atoms with E-state index in [9.17, 15) is 9.59 Å². The van der Waals surface area contributed by atoms with Gasteiger partial charge in [0.15, 0.2) is 11.5 Å². The lowest BCUT2D eigenvalue weighted by Gasteiger charge is -2.27. The van der Waals surface area contributed by atoms with Crippen molar-refractivity contribution in [3.63, 3.8) is 0 Å². The van der Waals surface area contributed by atoms with Crippen molar-refractivity contribution in [2.75, 3.05) is 39.4 Å². The van der Waals surface area contributed by atoms with Gasteiger partial charge in [0.25, 0.3) is 0 Å². The zero-order valence-corrected chi connectivity index (χ0v) is 22.1. The number of anilines is 1. The van der Waals surface area contributed by atoms with E-state index in [-0.39, 0.29) is 25.8 Å². The molecule has 1 aromatic heterocycles. The van der Waals surface area contributed by atoms with Crippen LogP contribution in [-0.2, 0) is 17.9 Å². The van der Waals surface area contributed by atoms with Gasteiger partial charge in [-0.15, -0.1) is 0 Å². The van der Waals surface area contributed by atoms with Gasteiger partial charge in [0, 0.05) is 19.2 Å². The number of amides is 3. The average molecular weight is 524 g/mol. The number of fused-ring (bicyclic) bond motifs is 1. The summed E-state index contributed by atoms with van der Waals surface area (Å²) >= 11 is 0. The van der Waals surface area contributed by atoms with E-state index in [0.717, 1.165) is 11.3 Å². The number of rotatable bonds is 11. The fourth-order valence-electron chi connectivity index (χ4n) is 4.13. The number of ether oxygens (including phenoxy) is 4. The van der Waals surface area contributed by atoms with E-state index < -0.39 is 6.03 Å². The molecule has 38 heavy (non-hydrogen) atoms. The van der Waals surface area contributed by atoms with E-state index in [2.05, 4.69) is 5.32 Å². The summed E-state index contributed by atoms with van der Waals surface area (Å²) < 4.78 is 27.3. The Hall–Kier alpha value is -4.34. The van der Waals surface area contributed by atoms with Crippen LogP contribution in [0.15, 0.2) is 52.9 Å². The van der Waals surface area contributed by atoms with E-state index in [1.807, 2.05) is 44.2 Å². The number of benzene rings is 2. The lowest BCUT2D eigenvalue weighted by atomic mass is 10.2. The summed E-state index contributed by atoms with van der Waals surface area (Å²) in [5.41, 5.74) is 1.36. The molecule has 10 heteroatoms. The fraction of sp³-hybridized carbons (Fsp3) is 0.357. The quantitative estimate of drug-likeness (QED) is 0.385. The molecule has 0 fully saturated rings. The molecule has 0 atom stereocenters. The van der Waals surface area contributed by atoms with Crippen molar-refractivity contribution in [2.24, 2.45) is 0 Å². The van der Waals surface area contributed by atoms with Gasteiger partial charge >= 0.3 is 6.03 Å². The highest BCUT2D eigenvalue weighted by Crippen LogP contribution is 2.33. The predicted octanol–water partition coefficient (Wildman–Crippen LogP) is 4.81. The molecule has 4 rings (SSSR count). The molecule has 1 aliphatic heterocycles. The summed E-state index contributed by atoms with van der Waals surface area (Å²) in [6.07, 6.45) is 0.681. The number of carbonyl (C=O) groups excluding carboxylic acids is 2. The Balaban J connectivity index is 1.51. The van der Waals surface area contributed by atoms with E-state index in [4.69, 9.17) is 23.4 Å².